The fraction of sp³-hybridized carbons (Fsp3) is 0.688. The first-order valence-electron chi connectivity index (χ1n) is 8.33. The summed E-state index contributed by atoms with van der Waals surface area (Å²) in [5.41, 5.74) is 3.37. The van der Waals surface area contributed by atoms with Crippen molar-refractivity contribution in [2.75, 3.05) is 27.4 Å². The van der Waals surface area contributed by atoms with Gasteiger partial charge in [0.2, 0.25) is 5.78 Å². The molecule has 0 aromatic rings. The number of allylic oxidation sites excluding steroid dienone is 1. The van der Waals surface area contributed by atoms with Gasteiger partial charge in [0, 0.05) is 25.3 Å². The molecule has 5 heterocycles. The van der Waals surface area contributed by atoms with E-state index in [9.17, 15) is 14.4 Å². The number of methoxy groups -OCH3 is 2. The Balaban J connectivity index is 1.76. The van der Waals surface area contributed by atoms with Crippen LogP contribution in [0.25, 0.3) is 0 Å². The number of ether oxygens (including phenoxy) is 3. The predicted octanol–water partition coefficient (Wildman–Crippen LogP) is -0.662. The summed E-state index contributed by atoms with van der Waals surface area (Å²) in [5.74, 6) is -1.12. The minimum atomic E-state index is -1.35. The molecule has 2 N–H and O–H groups in total. The number of piperazine rings is 1. The lowest BCUT2D eigenvalue weighted by Gasteiger charge is -2.47. The number of primary amides is 1. The second-order valence-corrected chi connectivity index (χ2v) is 8.62. The summed E-state index contributed by atoms with van der Waals surface area (Å²) in [6.45, 7) is 2.09. The number of nitrogens with zero attached hydrogens (tertiary/aromatic N) is 2. The van der Waals surface area contributed by atoms with Crippen molar-refractivity contribution in [3.05, 3.63) is 11.3 Å². The van der Waals surface area contributed by atoms with Gasteiger partial charge in [-0.2, -0.15) is 0 Å². The molecule has 0 aromatic carbocycles. The normalized spacial score (nSPS) is 52.4. The Morgan fingerprint density at radius 1 is 1.35 bits per heavy atom. The number of alkyl halides is 1. The molecular weight excluding hydrogens is 410 g/mol. The van der Waals surface area contributed by atoms with Crippen molar-refractivity contribution in [3.8, 4) is 0 Å². The lowest BCUT2D eigenvalue weighted by Crippen LogP contribution is -2.70. The van der Waals surface area contributed by atoms with Gasteiger partial charge in [0.1, 0.15) is 16.7 Å². The van der Waals surface area contributed by atoms with Gasteiger partial charge in [-0.05, 0) is 6.92 Å². The van der Waals surface area contributed by atoms with E-state index in [0.29, 0.717) is 12.1 Å². The van der Waals surface area contributed by atoms with E-state index >= 15 is 0 Å². The van der Waals surface area contributed by atoms with Gasteiger partial charge >= 0.3 is 6.09 Å². The molecule has 6 rings (SSSR count). The lowest BCUT2D eigenvalue weighted by atomic mass is 9.69. The molecule has 6 aliphatic rings. The first-order chi connectivity index (χ1) is 12.3. The number of nitrogens with two attached hydrogens (primary N) is 1. The summed E-state index contributed by atoms with van der Waals surface area (Å²) in [6, 6.07) is 0.118. The summed E-state index contributed by atoms with van der Waals surface area (Å²) in [5, 5.41) is 0. The first-order valence-corrected chi connectivity index (χ1v) is 9.12. The number of hydrogen-bond donors (Lipinski definition) is 1. The molecule has 1 amide bonds. The Kier molecular flexibility index (Phi) is 2.88. The van der Waals surface area contributed by atoms with E-state index in [0.717, 1.165) is 0 Å². The van der Waals surface area contributed by atoms with Gasteiger partial charge in [-0.25, -0.2) is 9.69 Å². The highest BCUT2D eigenvalue weighted by Crippen LogP contribution is 2.78. The Morgan fingerprint density at radius 2 is 2.04 bits per heavy atom. The number of carbonyl (C=O) groups excluding carboxylic acids is 3. The van der Waals surface area contributed by atoms with E-state index in [-0.39, 0.29) is 36.0 Å². The van der Waals surface area contributed by atoms with Crippen molar-refractivity contribution in [3.63, 3.8) is 0 Å². The molecule has 5 fully saturated rings. The van der Waals surface area contributed by atoms with E-state index in [1.165, 1.54) is 7.11 Å². The third-order valence-corrected chi connectivity index (χ3v) is 8.32. The van der Waals surface area contributed by atoms with Crippen LogP contribution in [0.3, 0.4) is 0 Å². The molecule has 26 heavy (non-hydrogen) atoms. The summed E-state index contributed by atoms with van der Waals surface area (Å²) >= 11 is 3.63. The maximum Gasteiger partial charge on any atom is 0.404 e. The molecule has 10 heteroatoms. The molecule has 0 radical (unpaired) electrons. The highest BCUT2D eigenvalue weighted by atomic mass is 79.9. The second kappa shape index (κ2) is 4.49. The fourth-order valence-corrected chi connectivity index (χ4v) is 7.38. The summed E-state index contributed by atoms with van der Waals surface area (Å²) in [7, 11) is 2.93. The van der Waals surface area contributed by atoms with Crippen LogP contribution in [0.5, 0.6) is 0 Å². The van der Waals surface area contributed by atoms with Gasteiger partial charge in [0.15, 0.2) is 17.2 Å². The number of carbonyl (C=O) groups is 3. The predicted molar refractivity (Wildman–Crippen MR) is 89.0 cm³/mol. The van der Waals surface area contributed by atoms with Crippen LogP contribution in [0.2, 0.25) is 0 Å². The van der Waals surface area contributed by atoms with Gasteiger partial charge in [-0.1, -0.05) is 15.9 Å². The maximum atomic E-state index is 13.5. The topological polar surface area (TPSA) is 111 Å². The molecule has 6 bridgehead atoms. The molecule has 140 valence electrons. The molecule has 1 spiro atoms. The molecule has 1 aliphatic carbocycles. The molecule has 8 atom stereocenters. The minimum Gasteiger partial charge on any atom is -0.493 e. The van der Waals surface area contributed by atoms with Crippen LogP contribution >= 0.6 is 15.9 Å². The number of Topliss-reactive ketones (excluding diaryl/α,β-unsaturated/α-hetero) is 2. The second-order valence-electron chi connectivity index (χ2n) is 7.37. The number of amides is 1. The Bertz CT molecular complexity index is 831. The average molecular weight is 428 g/mol. The van der Waals surface area contributed by atoms with Gasteiger partial charge in [-0.3, -0.25) is 14.5 Å². The fourth-order valence-electron chi connectivity index (χ4n) is 6.14. The quantitative estimate of drug-likeness (QED) is 0.464. The Labute approximate surface area is 157 Å². The zero-order chi connectivity index (χ0) is 18.8. The van der Waals surface area contributed by atoms with Crippen LogP contribution in [0.1, 0.15) is 6.92 Å². The number of halogens is 1. The van der Waals surface area contributed by atoms with Gasteiger partial charge in [-0.15, -0.1) is 0 Å². The van der Waals surface area contributed by atoms with E-state index in [4.69, 9.17) is 19.9 Å². The third-order valence-electron chi connectivity index (χ3n) is 6.86. The van der Waals surface area contributed by atoms with Crippen molar-refractivity contribution < 1.29 is 28.6 Å². The van der Waals surface area contributed by atoms with Crippen molar-refractivity contribution in [1.29, 1.82) is 0 Å². The smallest absolute Gasteiger partial charge is 0.404 e. The zero-order valence-corrected chi connectivity index (χ0v) is 16.0. The Hall–Kier alpha value is -1.49. The van der Waals surface area contributed by atoms with Crippen LogP contribution in [0.4, 0.5) is 4.79 Å². The molecular formula is C16H18BrN3O6. The van der Waals surface area contributed by atoms with E-state index < -0.39 is 27.7 Å². The SMILES string of the molecule is COC1=C(C)C(=O)[C@]23N4[C@H]5[C@@H]4CN2[C@]5(OC)[C@H](COC(N)=O)[C@@]3(Br)C1=O. The first kappa shape index (κ1) is 16.7. The van der Waals surface area contributed by atoms with Crippen molar-refractivity contribution >= 4 is 33.6 Å². The summed E-state index contributed by atoms with van der Waals surface area (Å²) in [4.78, 5) is 42.3. The third kappa shape index (κ3) is 1.24. The zero-order valence-electron chi connectivity index (χ0n) is 14.4. The largest absolute Gasteiger partial charge is 0.493 e. The highest BCUT2D eigenvalue weighted by molar-refractivity contribution is 9.10. The van der Waals surface area contributed by atoms with E-state index in [1.807, 2.05) is 4.90 Å². The minimum absolute atomic E-state index is 0.0201. The number of rotatable bonds is 4. The van der Waals surface area contributed by atoms with Crippen LogP contribution in [-0.2, 0) is 23.8 Å². The van der Waals surface area contributed by atoms with Gasteiger partial charge < -0.3 is 19.9 Å². The number of ketones is 2. The monoisotopic (exact) mass is 427 g/mol. The lowest BCUT2D eigenvalue weighted by molar-refractivity contribution is -0.140. The molecule has 9 nitrogen and oxygen atoms in total. The van der Waals surface area contributed by atoms with Crippen molar-refractivity contribution in [2.45, 2.75) is 34.7 Å². The Morgan fingerprint density at radius 3 is 2.58 bits per heavy atom. The number of piperidine rings is 1. The molecule has 5 aliphatic heterocycles. The van der Waals surface area contributed by atoms with Gasteiger partial charge in [0.05, 0.1) is 19.1 Å². The van der Waals surface area contributed by atoms with Crippen LogP contribution in [0.15, 0.2) is 11.3 Å². The molecule has 2 unspecified atom stereocenters. The molecule has 0 aromatic heterocycles. The summed E-state index contributed by atoms with van der Waals surface area (Å²) < 4.78 is 15.0. The highest BCUT2D eigenvalue weighted by Gasteiger charge is 3.00. The maximum absolute atomic E-state index is 13.5. The average Bonchev–Trinajstić information content (AvgIpc) is 2.90. The van der Waals surface area contributed by atoms with Gasteiger partial charge in [0.25, 0.3) is 0 Å². The molecule has 0 saturated carbocycles. The molecule has 5 saturated heterocycles. The van der Waals surface area contributed by atoms with Crippen molar-refractivity contribution in [2.24, 2.45) is 11.7 Å². The number of hydrogen-bond acceptors (Lipinski definition) is 8. The van der Waals surface area contributed by atoms with Crippen molar-refractivity contribution in [1.82, 2.24) is 9.80 Å². The summed E-state index contributed by atoms with van der Waals surface area (Å²) in [6.07, 6.45) is -0.938. The van der Waals surface area contributed by atoms with E-state index in [2.05, 4.69) is 20.8 Å². The van der Waals surface area contributed by atoms with Crippen LogP contribution in [0, 0.1) is 5.92 Å². The van der Waals surface area contributed by atoms with Crippen LogP contribution < -0.4 is 5.73 Å². The standard InChI is InChI=1S/C16H18BrN3O6/c1-6-9(24-2)12(22)14(17)8(5-26-13(18)23)15(25-3)10-7-4-19(15)16(14,11(6)21)20(7)10/h7-8,10H,4-5H2,1-3H3,(H2,18,23)/t7-,8+,10-,14+,15-,16+,20?/m0/s1. The van der Waals surface area contributed by atoms with E-state index in [1.54, 1.807) is 14.0 Å². The van der Waals surface area contributed by atoms with Crippen LogP contribution in [-0.4, -0.2) is 82.6 Å².